The lowest BCUT2D eigenvalue weighted by molar-refractivity contribution is -0.384. The molecule has 1 heterocycles. The Morgan fingerprint density at radius 3 is 2.52 bits per heavy atom. The highest BCUT2D eigenvalue weighted by Gasteiger charge is 2.39. The molecule has 7 nitrogen and oxygen atoms in total. The molecule has 0 radical (unpaired) electrons. The lowest BCUT2D eigenvalue weighted by Crippen LogP contribution is -2.42. The minimum atomic E-state index is -0.477. The van der Waals surface area contributed by atoms with Crippen LogP contribution in [0.3, 0.4) is 0 Å². The van der Waals surface area contributed by atoms with Gasteiger partial charge in [0.2, 0.25) is 11.8 Å². The van der Waals surface area contributed by atoms with Crippen molar-refractivity contribution in [2.75, 3.05) is 11.9 Å². The monoisotopic (exact) mass is 319 g/mol. The van der Waals surface area contributed by atoms with Crippen molar-refractivity contribution in [1.29, 1.82) is 0 Å². The molecule has 0 saturated carbocycles. The third-order valence-corrected chi connectivity index (χ3v) is 3.98. The average Bonchev–Trinajstić information content (AvgIpc) is 2.83. The van der Waals surface area contributed by atoms with Gasteiger partial charge < -0.3 is 10.2 Å². The number of amides is 2. The molecule has 2 amide bonds. The molecule has 1 N–H and O–H groups in total. The zero-order chi connectivity index (χ0) is 17.4. The third kappa shape index (κ3) is 3.67. The summed E-state index contributed by atoms with van der Waals surface area (Å²) in [7, 11) is 0. The van der Waals surface area contributed by atoms with Gasteiger partial charge in [-0.25, -0.2) is 0 Å². The van der Waals surface area contributed by atoms with Crippen molar-refractivity contribution in [3.8, 4) is 0 Å². The maximum absolute atomic E-state index is 12.4. The van der Waals surface area contributed by atoms with Crippen LogP contribution in [-0.4, -0.2) is 33.7 Å². The molecule has 23 heavy (non-hydrogen) atoms. The van der Waals surface area contributed by atoms with Gasteiger partial charge in [-0.3, -0.25) is 19.7 Å². The summed E-state index contributed by atoms with van der Waals surface area (Å²) in [6.07, 6.45) is 0.190. The second kappa shape index (κ2) is 5.98. The number of aryl methyl sites for hydroxylation is 1. The molecule has 0 unspecified atom stereocenters. The molecule has 1 aliphatic heterocycles. The number of carbonyl (C=O) groups excluding carboxylic acids is 2. The fourth-order valence-electron chi connectivity index (χ4n) is 2.67. The number of benzene rings is 1. The van der Waals surface area contributed by atoms with E-state index in [1.54, 1.807) is 11.8 Å². The van der Waals surface area contributed by atoms with Crippen LogP contribution < -0.4 is 5.32 Å². The fourth-order valence-corrected chi connectivity index (χ4v) is 2.67. The van der Waals surface area contributed by atoms with Crippen LogP contribution in [-0.2, 0) is 9.59 Å². The molecule has 0 aliphatic carbocycles. The smallest absolute Gasteiger partial charge is 0.269 e. The highest BCUT2D eigenvalue weighted by atomic mass is 16.6. The number of rotatable bonds is 3. The molecule has 1 atom stereocenters. The molecule has 0 bridgehead atoms. The predicted molar refractivity (Wildman–Crippen MR) is 86.0 cm³/mol. The van der Waals surface area contributed by atoms with Gasteiger partial charge in [0.25, 0.3) is 5.69 Å². The second-order valence-electron chi connectivity index (χ2n) is 6.82. The van der Waals surface area contributed by atoms with E-state index in [-0.39, 0.29) is 29.5 Å². The highest BCUT2D eigenvalue weighted by Crippen LogP contribution is 2.28. The molecule has 0 spiro atoms. The number of hydrogen-bond acceptors (Lipinski definition) is 4. The maximum atomic E-state index is 12.4. The number of anilines is 1. The Morgan fingerprint density at radius 2 is 2.04 bits per heavy atom. The van der Waals surface area contributed by atoms with Crippen LogP contribution in [0.5, 0.6) is 0 Å². The van der Waals surface area contributed by atoms with E-state index in [1.165, 1.54) is 18.2 Å². The summed E-state index contributed by atoms with van der Waals surface area (Å²) in [5, 5.41) is 13.5. The van der Waals surface area contributed by atoms with Crippen LogP contribution in [0.4, 0.5) is 11.4 Å². The molecule has 7 heteroatoms. The van der Waals surface area contributed by atoms with Gasteiger partial charge in [0.15, 0.2) is 0 Å². The van der Waals surface area contributed by atoms with Crippen LogP contribution >= 0.6 is 0 Å². The van der Waals surface area contributed by atoms with Crippen molar-refractivity contribution < 1.29 is 14.5 Å². The first-order valence-corrected chi connectivity index (χ1v) is 7.46. The van der Waals surface area contributed by atoms with E-state index in [0.717, 1.165) is 0 Å². The Bertz CT molecular complexity index is 664. The Balaban J connectivity index is 2.09. The van der Waals surface area contributed by atoms with Crippen LogP contribution in [0.1, 0.15) is 32.8 Å². The van der Waals surface area contributed by atoms with Crippen molar-refractivity contribution in [1.82, 2.24) is 4.90 Å². The first-order valence-electron chi connectivity index (χ1n) is 7.46. The predicted octanol–water partition coefficient (Wildman–Crippen LogP) is 2.49. The zero-order valence-electron chi connectivity index (χ0n) is 13.8. The average molecular weight is 319 g/mol. The van der Waals surface area contributed by atoms with Crippen LogP contribution in [0, 0.1) is 23.0 Å². The first-order chi connectivity index (χ1) is 10.6. The first kappa shape index (κ1) is 16.9. The SMILES string of the molecule is Cc1cc([N+](=O)[O-])ccc1NC(=O)[C@H]1CC(=O)N(C(C)(C)C)C1. The molecule has 1 aliphatic rings. The number of nitrogens with one attached hydrogen (secondary N) is 1. The van der Waals surface area contributed by atoms with Gasteiger partial charge in [-0.05, 0) is 39.3 Å². The van der Waals surface area contributed by atoms with Gasteiger partial charge in [-0.2, -0.15) is 0 Å². The summed E-state index contributed by atoms with van der Waals surface area (Å²) < 4.78 is 0. The number of nitrogens with zero attached hydrogens (tertiary/aromatic N) is 2. The molecule has 0 aromatic heterocycles. The molecular formula is C16H21N3O4. The normalized spacial score (nSPS) is 18.2. The van der Waals surface area contributed by atoms with Crippen molar-refractivity contribution in [2.45, 2.75) is 39.7 Å². The number of nitro groups is 1. The summed E-state index contributed by atoms with van der Waals surface area (Å²) in [6.45, 7) is 7.90. The van der Waals surface area contributed by atoms with E-state index in [4.69, 9.17) is 0 Å². The summed E-state index contributed by atoms with van der Waals surface area (Å²) in [5.41, 5.74) is 0.817. The summed E-state index contributed by atoms with van der Waals surface area (Å²) in [5.74, 6) is -0.670. The third-order valence-electron chi connectivity index (χ3n) is 3.98. The van der Waals surface area contributed by atoms with Gasteiger partial charge in [-0.15, -0.1) is 0 Å². The quantitative estimate of drug-likeness (QED) is 0.684. The standard InChI is InChI=1S/C16H21N3O4/c1-10-7-12(19(22)23)5-6-13(10)17-15(21)11-8-14(20)18(9-11)16(2,3)4/h5-7,11H,8-9H2,1-4H3,(H,17,21)/t11-/m0/s1. The summed E-state index contributed by atoms with van der Waals surface area (Å²) in [4.78, 5) is 36.4. The van der Waals surface area contributed by atoms with Gasteiger partial charge in [0.05, 0.1) is 10.8 Å². The molecule has 2 rings (SSSR count). The van der Waals surface area contributed by atoms with Crippen LogP contribution in [0.15, 0.2) is 18.2 Å². The summed E-state index contributed by atoms with van der Waals surface area (Å²) >= 11 is 0. The van der Waals surface area contributed by atoms with Crippen molar-refractivity contribution in [3.63, 3.8) is 0 Å². The number of hydrogen-bond donors (Lipinski definition) is 1. The van der Waals surface area contributed by atoms with Gasteiger partial charge in [0, 0.05) is 36.3 Å². The lowest BCUT2D eigenvalue weighted by Gasteiger charge is -2.31. The van der Waals surface area contributed by atoms with E-state index in [1.807, 2.05) is 20.8 Å². The lowest BCUT2D eigenvalue weighted by atomic mass is 10.1. The van der Waals surface area contributed by atoms with Gasteiger partial charge in [-0.1, -0.05) is 0 Å². The highest BCUT2D eigenvalue weighted by molar-refractivity contribution is 5.97. The second-order valence-corrected chi connectivity index (χ2v) is 6.82. The largest absolute Gasteiger partial charge is 0.337 e. The van der Waals surface area contributed by atoms with Crippen LogP contribution in [0.2, 0.25) is 0 Å². The van der Waals surface area contributed by atoms with Crippen molar-refractivity contribution in [2.24, 2.45) is 5.92 Å². The number of carbonyl (C=O) groups is 2. The Kier molecular flexibility index (Phi) is 4.40. The van der Waals surface area contributed by atoms with Crippen molar-refractivity contribution in [3.05, 3.63) is 33.9 Å². The Morgan fingerprint density at radius 1 is 1.39 bits per heavy atom. The number of likely N-dealkylation sites (tertiary alicyclic amines) is 1. The molecule has 1 fully saturated rings. The van der Waals surface area contributed by atoms with Crippen molar-refractivity contribution >= 4 is 23.2 Å². The minimum Gasteiger partial charge on any atom is -0.337 e. The summed E-state index contributed by atoms with van der Waals surface area (Å²) in [6, 6.07) is 4.28. The van der Waals surface area contributed by atoms with Gasteiger partial charge in [0.1, 0.15) is 0 Å². The maximum Gasteiger partial charge on any atom is 0.269 e. The molecular weight excluding hydrogens is 298 g/mol. The molecule has 1 saturated heterocycles. The molecule has 1 aromatic rings. The number of nitro benzene ring substituents is 1. The van der Waals surface area contributed by atoms with Gasteiger partial charge >= 0.3 is 0 Å². The van der Waals surface area contributed by atoms with E-state index in [2.05, 4.69) is 5.32 Å². The van der Waals surface area contributed by atoms with Crippen LogP contribution in [0.25, 0.3) is 0 Å². The molecule has 124 valence electrons. The molecule has 1 aromatic carbocycles. The van der Waals surface area contributed by atoms with E-state index in [9.17, 15) is 19.7 Å². The van der Waals surface area contributed by atoms with E-state index in [0.29, 0.717) is 17.8 Å². The fraction of sp³-hybridized carbons (Fsp3) is 0.500. The Hall–Kier alpha value is -2.44. The van der Waals surface area contributed by atoms with E-state index < -0.39 is 10.8 Å². The van der Waals surface area contributed by atoms with E-state index >= 15 is 0 Å². The Labute approximate surface area is 134 Å². The zero-order valence-corrected chi connectivity index (χ0v) is 13.8. The topological polar surface area (TPSA) is 92.5 Å². The number of non-ortho nitro benzene ring substituents is 1. The minimum absolute atomic E-state index is 0.0181.